The van der Waals surface area contributed by atoms with Gasteiger partial charge in [-0.25, -0.2) is 12.7 Å². The minimum Gasteiger partial charge on any atom is -0.355 e. The highest BCUT2D eigenvalue weighted by atomic mass is 32.2. The summed E-state index contributed by atoms with van der Waals surface area (Å²) in [6.45, 7) is 1.23. The van der Waals surface area contributed by atoms with Gasteiger partial charge in [-0.15, -0.1) is 0 Å². The predicted molar refractivity (Wildman–Crippen MR) is 93.7 cm³/mol. The van der Waals surface area contributed by atoms with Crippen LogP contribution in [0.15, 0.2) is 30.3 Å². The summed E-state index contributed by atoms with van der Waals surface area (Å²) < 4.78 is 25.8. The van der Waals surface area contributed by atoms with Crippen LogP contribution in [0.4, 0.5) is 0 Å². The number of nitrogens with one attached hydrogen (secondary N) is 1. The SMILES string of the molecule is NC(CC(=O)NCCS(=O)(=O)N1CCSCC1)c1ccccc1. The highest BCUT2D eigenvalue weighted by molar-refractivity contribution is 7.99. The topological polar surface area (TPSA) is 92.5 Å². The van der Waals surface area contributed by atoms with Crippen molar-refractivity contribution in [3.8, 4) is 0 Å². The van der Waals surface area contributed by atoms with Crippen LogP contribution in [-0.2, 0) is 14.8 Å². The van der Waals surface area contributed by atoms with Gasteiger partial charge in [-0.05, 0) is 5.56 Å². The normalized spacial score (nSPS) is 17.6. The molecule has 1 fully saturated rings. The van der Waals surface area contributed by atoms with E-state index >= 15 is 0 Å². The van der Waals surface area contributed by atoms with E-state index < -0.39 is 10.0 Å². The molecule has 2 rings (SSSR count). The molecule has 8 heteroatoms. The third-order valence-electron chi connectivity index (χ3n) is 3.68. The van der Waals surface area contributed by atoms with Gasteiger partial charge in [0.05, 0.1) is 5.75 Å². The zero-order valence-electron chi connectivity index (χ0n) is 13.0. The van der Waals surface area contributed by atoms with Crippen molar-refractivity contribution < 1.29 is 13.2 Å². The molecule has 1 aliphatic rings. The highest BCUT2D eigenvalue weighted by Gasteiger charge is 2.23. The zero-order chi connectivity index (χ0) is 16.7. The predicted octanol–water partition coefficient (Wildman–Crippen LogP) is 0.571. The van der Waals surface area contributed by atoms with Crippen LogP contribution in [-0.4, -0.2) is 55.5 Å². The second-order valence-electron chi connectivity index (χ2n) is 5.40. The quantitative estimate of drug-likeness (QED) is 0.744. The molecular formula is C15H23N3O3S2. The number of thioether (sulfide) groups is 1. The van der Waals surface area contributed by atoms with E-state index in [2.05, 4.69) is 5.32 Å². The minimum atomic E-state index is -3.29. The van der Waals surface area contributed by atoms with Crippen LogP contribution in [0.5, 0.6) is 0 Å². The summed E-state index contributed by atoms with van der Waals surface area (Å²) in [4.78, 5) is 11.9. The van der Waals surface area contributed by atoms with Crippen LogP contribution < -0.4 is 11.1 Å². The lowest BCUT2D eigenvalue weighted by Gasteiger charge is -2.25. The van der Waals surface area contributed by atoms with Gasteiger partial charge < -0.3 is 11.1 Å². The van der Waals surface area contributed by atoms with Gasteiger partial charge in [-0.3, -0.25) is 4.79 Å². The number of hydrogen-bond acceptors (Lipinski definition) is 5. The van der Waals surface area contributed by atoms with Gasteiger partial charge in [-0.2, -0.15) is 11.8 Å². The second kappa shape index (κ2) is 8.68. The van der Waals surface area contributed by atoms with E-state index in [9.17, 15) is 13.2 Å². The van der Waals surface area contributed by atoms with Gasteiger partial charge in [0, 0.05) is 43.6 Å². The van der Waals surface area contributed by atoms with Gasteiger partial charge in [0.15, 0.2) is 0 Å². The van der Waals surface area contributed by atoms with Crippen LogP contribution >= 0.6 is 11.8 Å². The lowest BCUT2D eigenvalue weighted by molar-refractivity contribution is -0.121. The standard InChI is InChI=1S/C15H23N3O3S2/c16-14(13-4-2-1-3-5-13)12-15(19)17-6-11-23(20,21)18-7-9-22-10-8-18/h1-5,14H,6-12,16H2,(H,17,19). The third kappa shape index (κ3) is 5.80. The molecule has 23 heavy (non-hydrogen) atoms. The highest BCUT2D eigenvalue weighted by Crippen LogP contribution is 2.14. The fourth-order valence-corrected chi connectivity index (χ4v) is 4.85. The number of sulfonamides is 1. The number of amides is 1. The second-order valence-corrected chi connectivity index (χ2v) is 8.71. The first-order valence-corrected chi connectivity index (χ1v) is 10.4. The fourth-order valence-electron chi connectivity index (χ4n) is 2.36. The van der Waals surface area contributed by atoms with Crippen LogP contribution in [0, 0.1) is 0 Å². The summed E-state index contributed by atoms with van der Waals surface area (Å²) >= 11 is 1.76. The summed E-state index contributed by atoms with van der Waals surface area (Å²) in [5, 5.41) is 2.65. The van der Waals surface area contributed by atoms with E-state index in [-0.39, 0.29) is 30.7 Å². The van der Waals surface area contributed by atoms with Crippen molar-refractivity contribution in [2.45, 2.75) is 12.5 Å². The average molecular weight is 358 g/mol. The van der Waals surface area contributed by atoms with Gasteiger partial charge in [0.2, 0.25) is 15.9 Å². The molecule has 3 N–H and O–H groups in total. The molecule has 1 amide bonds. The zero-order valence-corrected chi connectivity index (χ0v) is 14.6. The van der Waals surface area contributed by atoms with Crippen molar-refractivity contribution in [2.24, 2.45) is 5.73 Å². The minimum absolute atomic E-state index is 0.0655. The van der Waals surface area contributed by atoms with Crippen molar-refractivity contribution in [3.05, 3.63) is 35.9 Å². The first-order valence-electron chi connectivity index (χ1n) is 7.62. The molecular weight excluding hydrogens is 334 g/mol. The van der Waals surface area contributed by atoms with Crippen molar-refractivity contribution in [1.82, 2.24) is 9.62 Å². The number of carbonyl (C=O) groups excluding carboxylic acids is 1. The van der Waals surface area contributed by atoms with E-state index in [1.165, 1.54) is 4.31 Å². The first-order chi connectivity index (χ1) is 11.0. The lowest BCUT2D eigenvalue weighted by atomic mass is 10.0. The Morgan fingerprint density at radius 3 is 2.57 bits per heavy atom. The summed E-state index contributed by atoms with van der Waals surface area (Å²) in [6, 6.07) is 8.99. The molecule has 0 saturated carbocycles. The summed E-state index contributed by atoms with van der Waals surface area (Å²) in [7, 11) is -3.29. The number of rotatable bonds is 7. The Morgan fingerprint density at radius 1 is 1.26 bits per heavy atom. The molecule has 1 aliphatic heterocycles. The van der Waals surface area contributed by atoms with Gasteiger partial charge in [-0.1, -0.05) is 30.3 Å². The van der Waals surface area contributed by atoms with E-state index in [0.29, 0.717) is 13.1 Å². The number of carbonyl (C=O) groups is 1. The van der Waals surface area contributed by atoms with Gasteiger partial charge in [0.1, 0.15) is 0 Å². The molecule has 1 aromatic carbocycles. The van der Waals surface area contributed by atoms with E-state index in [0.717, 1.165) is 17.1 Å². The van der Waals surface area contributed by atoms with Crippen LogP contribution in [0.1, 0.15) is 18.0 Å². The summed E-state index contributed by atoms with van der Waals surface area (Å²) in [6.07, 6.45) is 0.143. The summed E-state index contributed by atoms with van der Waals surface area (Å²) in [5.41, 5.74) is 6.87. The molecule has 0 aliphatic carbocycles. The monoisotopic (exact) mass is 357 g/mol. The van der Waals surface area contributed by atoms with Crippen molar-refractivity contribution >= 4 is 27.7 Å². The average Bonchev–Trinajstić information content (AvgIpc) is 2.56. The molecule has 0 radical (unpaired) electrons. The number of hydrogen-bond donors (Lipinski definition) is 2. The van der Waals surface area contributed by atoms with Crippen LogP contribution in [0.3, 0.4) is 0 Å². The Labute approximate surface area is 141 Å². The smallest absolute Gasteiger partial charge is 0.221 e. The third-order valence-corrected chi connectivity index (χ3v) is 6.49. The van der Waals surface area contributed by atoms with Gasteiger partial charge in [0.25, 0.3) is 0 Å². The maximum atomic E-state index is 12.2. The largest absolute Gasteiger partial charge is 0.355 e. The Kier molecular flexibility index (Phi) is 6.88. The molecule has 1 saturated heterocycles. The van der Waals surface area contributed by atoms with Crippen molar-refractivity contribution in [2.75, 3.05) is 36.9 Å². The molecule has 1 heterocycles. The maximum Gasteiger partial charge on any atom is 0.221 e. The Hall–Kier alpha value is -1.09. The maximum absolute atomic E-state index is 12.2. The molecule has 6 nitrogen and oxygen atoms in total. The molecule has 1 unspecified atom stereocenters. The molecule has 0 spiro atoms. The van der Waals surface area contributed by atoms with E-state index in [1.807, 2.05) is 30.3 Å². The molecule has 1 atom stereocenters. The summed E-state index contributed by atoms with van der Waals surface area (Å²) in [5.74, 6) is 1.37. The van der Waals surface area contributed by atoms with Crippen molar-refractivity contribution in [3.63, 3.8) is 0 Å². The van der Waals surface area contributed by atoms with Crippen LogP contribution in [0.25, 0.3) is 0 Å². The molecule has 0 bridgehead atoms. The van der Waals surface area contributed by atoms with Gasteiger partial charge >= 0.3 is 0 Å². The fraction of sp³-hybridized carbons (Fsp3) is 0.533. The van der Waals surface area contributed by atoms with E-state index in [1.54, 1.807) is 11.8 Å². The number of nitrogens with two attached hydrogens (primary N) is 1. The molecule has 1 aromatic rings. The molecule has 128 valence electrons. The Morgan fingerprint density at radius 2 is 1.91 bits per heavy atom. The molecule has 0 aromatic heterocycles. The Bertz CT molecular complexity index is 602. The van der Waals surface area contributed by atoms with Crippen LogP contribution in [0.2, 0.25) is 0 Å². The van der Waals surface area contributed by atoms with E-state index in [4.69, 9.17) is 5.73 Å². The van der Waals surface area contributed by atoms with Crippen molar-refractivity contribution in [1.29, 1.82) is 0 Å². The Balaban J connectivity index is 1.74. The lowest BCUT2D eigenvalue weighted by Crippen LogP contribution is -2.42. The first kappa shape index (κ1) is 18.3. The number of nitrogens with zero attached hydrogens (tertiary/aromatic N) is 1. The number of benzene rings is 1.